The van der Waals surface area contributed by atoms with Crippen LogP contribution in [0.25, 0.3) is 10.8 Å². The molecule has 1 heterocycles. The molecule has 2 amide bonds. The highest BCUT2D eigenvalue weighted by molar-refractivity contribution is 6.36. The Balaban J connectivity index is 1.76. The van der Waals surface area contributed by atoms with Gasteiger partial charge in [0.05, 0.1) is 12.3 Å². The first-order valence-electron chi connectivity index (χ1n) is 7.41. The molecule has 1 aliphatic heterocycles. The zero-order chi connectivity index (χ0) is 15.5. The lowest BCUT2D eigenvalue weighted by Gasteiger charge is -2.18. The summed E-state index contributed by atoms with van der Waals surface area (Å²) in [6, 6.07) is 11.4. The van der Waals surface area contributed by atoms with E-state index in [0.717, 1.165) is 36.0 Å². The second-order valence-electron chi connectivity index (χ2n) is 5.63. The average Bonchev–Trinajstić information content (AvgIpc) is 2.99. The smallest absolute Gasteiger partial charge is 0.321 e. The van der Waals surface area contributed by atoms with Gasteiger partial charge in [0, 0.05) is 41.9 Å². The van der Waals surface area contributed by atoms with Crippen molar-refractivity contribution < 1.29 is 9.53 Å². The van der Waals surface area contributed by atoms with Gasteiger partial charge in [0.25, 0.3) is 0 Å². The van der Waals surface area contributed by atoms with Gasteiger partial charge in [-0.15, -0.1) is 0 Å². The summed E-state index contributed by atoms with van der Waals surface area (Å²) in [5, 5.41) is 5.59. The predicted molar refractivity (Wildman–Crippen MR) is 89.5 cm³/mol. The molecule has 5 heteroatoms. The molecular formula is C17H19ClN2O2. The maximum atomic E-state index is 12.4. The number of hydrogen-bond donors (Lipinski definition) is 1. The third-order valence-electron chi connectivity index (χ3n) is 4.09. The first kappa shape index (κ1) is 15.1. The van der Waals surface area contributed by atoms with E-state index in [2.05, 4.69) is 5.32 Å². The zero-order valence-corrected chi connectivity index (χ0v) is 13.3. The predicted octanol–water partition coefficient (Wildman–Crippen LogP) is 3.99. The van der Waals surface area contributed by atoms with Crippen molar-refractivity contribution in [2.75, 3.05) is 32.1 Å². The summed E-state index contributed by atoms with van der Waals surface area (Å²) in [6.07, 6.45) is 0.989. The molecular weight excluding hydrogens is 300 g/mol. The number of methoxy groups -OCH3 is 1. The van der Waals surface area contributed by atoms with Crippen molar-refractivity contribution >= 4 is 34.1 Å². The van der Waals surface area contributed by atoms with Crippen LogP contribution in [0.3, 0.4) is 0 Å². The summed E-state index contributed by atoms with van der Waals surface area (Å²) in [4.78, 5) is 14.3. The topological polar surface area (TPSA) is 41.6 Å². The van der Waals surface area contributed by atoms with Gasteiger partial charge >= 0.3 is 6.03 Å². The van der Waals surface area contributed by atoms with Gasteiger partial charge < -0.3 is 15.0 Å². The van der Waals surface area contributed by atoms with E-state index in [0.29, 0.717) is 17.5 Å². The van der Waals surface area contributed by atoms with Crippen LogP contribution in [0.5, 0.6) is 0 Å². The lowest BCUT2D eigenvalue weighted by molar-refractivity contribution is 0.154. The van der Waals surface area contributed by atoms with E-state index in [4.69, 9.17) is 16.3 Å². The summed E-state index contributed by atoms with van der Waals surface area (Å²) in [5.74, 6) is 0.428. The lowest BCUT2D eigenvalue weighted by atomic mass is 10.1. The number of carbonyl (C=O) groups excluding carboxylic acids is 1. The van der Waals surface area contributed by atoms with Gasteiger partial charge in [0.15, 0.2) is 0 Å². The number of amides is 2. The standard InChI is InChI=1S/C17H19ClN2O2/c1-22-11-12-8-9-20(10-12)17(21)19-16-7-6-15(18)13-4-2-3-5-14(13)16/h2-7,12H,8-11H2,1H3,(H,19,21)/t12-/m1/s1. The maximum absolute atomic E-state index is 12.4. The van der Waals surface area contributed by atoms with Crippen molar-refractivity contribution in [1.82, 2.24) is 4.90 Å². The molecule has 4 nitrogen and oxygen atoms in total. The van der Waals surface area contributed by atoms with Crippen molar-refractivity contribution in [3.05, 3.63) is 41.4 Å². The van der Waals surface area contributed by atoms with E-state index in [-0.39, 0.29) is 6.03 Å². The third kappa shape index (κ3) is 3.03. The second-order valence-corrected chi connectivity index (χ2v) is 6.03. The van der Waals surface area contributed by atoms with Gasteiger partial charge in [-0.25, -0.2) is 4.79 Å². The number of fused-ring (bicyclic) bond motifs is 1. The quantitative estimate of drug-likeness (QED) is 0.929. The number of carbonyl (C=O) groups is 1. The fourth-order valence-corrected chi connectivity index (χ4v) is 3.18. The summed E-state index contributed by atoms with van der Waals surface area (Å²) in [7, 11) is 1.70. The SMILES string of the molecule is COC[C@@H]1CCN(C(=O)Nc2ccc(Cl)c3ccccc23)C1. The van der Waals surface area contributed by atoms with Gasteiger partial charge in [-0.1, -0.05) is 35.9 Å². The fourth-order valence-electron chi connectivity index (χ4n) is 2.95. The Kier molecular flexibility index (Phi) is 4.50. The van der Waals surface area contributed by atoms with Gasteiger partial charge in [0.1, 0.15) is 0 Å². The number of nitrogens with one attached hydrogen (secondary N) is 1. The van der Waals surface area contributed by atoms with Gasteiger partial charge in [-0.05, 0) is 18.6 Å². The molecule has 0 spiro atoms. The molecule has 1 saturated heterocycles. The molecule has 0 unspecified atom stereocenters. The monoisotopic (exact) mass is 318 g/mol. The molecule has 1 atom stereocenters. The van der Waals surface area contributed by atoms with Crippen molar-refractivity contribution in [2.24, 2.45) is 5.92 Å². The molecule has 0 saturated carbocycles. The fraction of sp³-hybridized carbons (Fsp3) is 0.353. The highest BCUT2D eigenvalue weighted by Gasteiger charge is 2.26. The summed E-state index contributed by atoms with van der Waals surface area (Å²) >= 11 is 6.21. The molecule has 3 rings (SSSR count). The Hall–Kier alpha value is -1.78. The molecule has 116 valence electrons. The molecule has 2 aromatic carbocycles. The Morgan fingerprint density at radius 1 is 1.32 bits per heavy atom. The first-order chi connectivity index (χ1) is 10.7. The highest BCUT2D eigenvalue weighted by Crippen LogP contribution is 2.30. The van der Waals surface area contributed by atoms with E-state index < -0.39 is 0 Å². The van der Waals surface area contributed by atoms with Crippen LogP contribution in [-0.2, 0) is 4.74 Å². The summed E-state index contributed by atoms with van der Waals surface area (Å²) < 4.78 is 5.17. The minimum absolute atomic E-state index is 0.0638. The van der Waals surface area contributed by atoms with Crippen LogP contribution >= 0.6 is 11.6 Å². The number of nitrogens with zero attached hydrogens (tertiary/aromatic N) is 1. The van der Waals surface area contributed by atoms with E-state index in [9.17, 15) is 4.79 Å². The molecule has 0 aromatic heterocycles. The minimum atomic E-state index is -0.0638. The second kappa shape index (κ2) is 6.55. The van der Waals surface area contributed by atoms with Crippen LogP contribution in [0.15, 0.2) is 36.4 Å². The maximum Gasteiger partial charge on any atom is 0.321 e. The van der Waals surface area contributed by atoms with Crippen molar-refractivity contribution in [1.29, 1.82) is 0 Å². The number of benzene rings is 2. The molecule has 1 aliphatic rings. The summed E-state index contributed by atoms with van der Waals surface area (Å²) in [6.45, 7) is 2.21. The number of urea groups is 1. The normalized spacial score (nSPS) is 17.9. The lowest BCUT2D eigenvalue weighted by Crippen LogP contribution is -2.33. The largest absolute Gasteiger partial charge is 0.384 e. The van der Waals surface area contributed by atoms with Crippen LogP contribution < -0.4 is 5.32 Å². The van der Waals surface area contributed by atoms with E-state index >= 15 is 0 Å². The van der Waals surface area contributed by atoms with E-state index in [1.54, 1.807) is 7.11 Å². The zero-order valence-electron chi connectivity index (χ0n) is 12.5. The van der Waals surface area contributed by atoms with Gasteiger partial charge in [0.2, 0.25) is 0 Å². The number of rotatable bonds is 3. The first-order valence-corrected chi connectivity index (χ1v) is 7.79. The van der Waals surface area contributed by atoms with Crippen molar-refractivity contribution in [3.63, 3.8) is 0 Å². The van der Waals surface area contributed by atoms with Gasteiger partial charge in [-0.2, -0.15) is 0 Å². The molecule has 0 radical (unpaired) electrons. The number of ether oxygens (including phenoxy) is 1. The average molecular weight is 319 g/mol. The molecule has 1 N–H and O–H groups in total. The molecule has 0 bridgehead atoms. The Bertz CT molecular complexity index is 689. The van der Waals surface area contributed by atoms with Crippen LogP contribution in [0.1, 0.15) is 6.42 Å². The molecule has 1 fully saturated rings. The number of hydrogen-bond acceptors (Lipinski definition) is 2. The molecule has 22 heavy (non-hydrogen) atoms. The van der Waals surface area contributed by atoms with Crippen LogP contribution in [0, 0.1) is 5.92 Å². The van der Waals surface area contributed by atoms with E-state index in [1.165, 1.54) is 0 Å². The van der Waals surface area contributed by atoms with E-state index in [1.807, 2.05) is 41.3 Å². The number of anilines is 1. The van der Waals surface area contributed by atoms with Crippen LogP contribution in [0.2, 0.25) is 5.02 Å². The molecule has 0 aliphatic carbocycles. The van der Waals surface area contributed by atoms with Crippen LogP contribution in [-0.4, -0.2) is 37.7 Å². The Morgan fingerprint density at radius 2 is 2.09 bits per heavy atom. The highest BCUT2D eigenvalue weighted by atomic mass is 35.5. The Morgan fingerprint density at radius 3 is 2.86 bits per heavy atom. The number of likely N-dealkylation sites (tertiary alicyclic amines) is 1. The van der Waals surface area contributed by atoms with Crippen molar-refractivity contribution in [2.45, 2.75) is 6.42 Å². The van der Waals surface area contributed by atoms with Crippen LogP contribution in [0.4, 0.5) is 10.5 Å². The van der Waals surface area contributed by atoms with Gasteiger partial charge in [-0.3, -0.25) is 0 Å². The Labute approximate surface area is 135 Å². The van der Waals surface area contributed by atoms with Crippen molar-refractivity contribution in [3.8, 4) is 0 Å². The number of halogens is 1. The minimum Gasteiger partial charge on any atom is -0.384 e. The summed E-state index contributed by atoms with van der Waals surface area (Å²) in [5.41, 5.74) is 0.792. The molecule has 2 aromatic rings. The third-order valence-corrected chi connectivity index (χ3v) is 4.42.